The molecule has 7 rings (SSSR count). The van der Waals surface area contributed by atoms with Gasteiger partial charge in [-0.15, -0.1) is 0 Å². The van der Waals surface area contributed by atoms with Gasteiger partial charge in [-0.3, -0.25) is 0 Å². The Morgan fingerprint density at radius 3 is 1.30 bits per heavy atom. The van der Waals surface area contributed by atoms with Crippen LogP contribution in [0.15, 0.2) is 146 Å². The third-order valence-electron chi connectivity index (χ3n) is 9.52. The van der Waals surface area contributed by atoms with Gasteiger partial charge in [0.1, 0.15) is 0 Å². The van der Waals surface area contributed by atoms with E-state index in [4.69, 9.17) is 0 Å². The molecule has 0 radical (unpaired) electrons. The van der Waals surface area contributed by atoms with Crippen molar-refractivity contribution >= 4 is 42.4 Å². The number of hydrogen-bond donors (Lipinski definition) is 0. The number of rotatable bonds is 8. The molecule has 0 N–H and O–H groups in total. The molecule has 2 unspecified atom stereocenters. The van der Waals surface area contributed by atoms with E-state index in [-0.39, 0.29) is 31.9 Å². The fourth-order valence-electron chi connectivity index (χ4n) is 7.41. The van der Waals surface area contributed by atoms with Gasteiger partial charge in [0.2, 0.25) is 0 Å². The maximum absolute atomic E-state index is 2.55. The van der Waals surface area contributed by atoms with Crippen molar-refractivity contribution in [1.82, 2.24) is 0 Å². The Morgan fingerprint density at radius 2 is 0.851 bits per heavy atom. The van der Waals surface area contributed by atoms with Crippen LogP contribution in [-0.4, -0.2) is 5.66 Å². The summed E-state index contributed by atoms with van der Waals surface area (Å²) in [5.41, 5.74) is 2.19. The third kappa shape index (κ3) is 9.78. The van der Waals surface area contributed by atoms with E-state index in [9.17, 15) is 0 Å². The first-order valence-corrected chi connectivity index (χ1v) is 19.4. The summed E-state index contributed by atoms with van der Waals surface area (Å²) in [7, 11) is -1.07. The molecule has 246 valence electrons. The zero-order valence-corrected chi connectivity index (χ0v) is 31.4. The van der Waals surface area contributed by atoms with Crippen LogP contribution in [-0.2, 0) is 17.1 Å². The van der Waals surface area contributed by atoms with Gasteiger partial charge in [-0.25, -0.2) is 0 Å². The standard InChI is InChI=1S/C37H36P2.C5H10.2CH3.Fe/c1-29(38(30-17-6-2-7-18-30)31-19-8-3-9-20-31)34-26-16-27-35(34)36-25-14-15-28-37(36)39(32-21-10-4-11-22-32)33-23-12-5-13-24-33;1-2-4-5-3-1;;;/h2-15,17-25,28-29,34-35H,16,26-27H2,1H3;1-5H2;2*1H3;/q;;2*-1;+2/t29-,34?,35?;;;;/m1..../s1. The molecule has 0 bridgehead atoms. The van der Waals surface area contributed by atoms with Crippen LogP contribution >= 0.6 is 15.8 Å². The molecule has 5 aromatic rings. The van der Waals surface area contributed by atoms with Crippen molar-refractivity contribution in [2.24, 2.45) is 5.92 Å². The van der Waals surface area contributed by atoms with Crippen molar-refractivity contribution < 1.29 is 17.1 Å². The summed E-state index contributed by atoms with van der Waals surface area (Å²) < 4.78 is 0. The maximum Gasteiger partial charge on any atom is 2.00 e. The van der Waals surface area contributed by atoms with Crippen molar-refractivity contribution in [3.8, 4) is 0 Å². The molecule has 0 saturated heterocycles. The number of benzene rings is 5. The molecule has 2 fully saturated rings. The van der Waals surface area contributed by atoms with Gasteiger partial charge < -0.3 is 14.9 Å². The Labute approximate surface area is 299 Å². The van der Waals surface area contributed by atoms with Crippen LogP contribution in [0.1, 0.15) is 69.8 Å². The molecule has 0 heterocycles. The van der Waals surface area contributed by atoms with E-state index < -0.39 is 15.8 Å². The third-order valence-corrected chi connectivity index (χ3v) is 14.9. The summed E-state index contributed by atoms with van der Waals surface area (Å²) in [6.45, 7) is 2.55. The van der Waals surface area contributed by atoms with Crippen molar-refractivity contribution in [1.29, 1.82) is 0 Å². The second-order valence-electron chi connectivity index (χ2n) is 12.3. The Morgan fingerprint density at radius 1 is 0.468 bits per heavy atom. The Balaban J connectivity index is 0.000000688. The van der Waals surface area contributed by atoms with Gasteiger partial charge in [0.05, 0.1) is 0 Å². The summed E-state index contributed by atoms with van der Waals surface area (Å²) in [6, 6.07) is 54.4. The normalized spacial score (nSPS) is 17.4. The largest absolute Gasteiger partial charge is 2.00 e. The summed E-state index contributed by atoms with van der Waals surface area (Å²) in [6.07, 6.45) is 11.4. The minimum Gasteiger partial charge on any atom is -0.358 e. The van der Waals surface area contributed by atoms with E-state index in [0.717, 1.165) is 0 Å². The van der Waals surface area contributed by atoms with Crippen molar-refractivity contribution in [2.45, 2.75) is 69.9 Å². The molecule has 3 heteroatoms. The summed E-state index contributed by atoms with van der Waals surface area (Å²) in [5.74, 6) is 1.26. The molecule has 0 aromatic heterocycles. The van der Waals surface area contributed by atoms with E-state index in [1.807, 2.05) is 0 Å². The van der Waals surface area contributed by atoms with E-state index in [0.29, 0.717) is 17.5 Å². The molecule has 2 saturated carbocycles. The molecule has 5 aromatic carbocycles. The molecule has 47 heavy (non-hydrogen) atoms. The zero-order chi connectivity index (χ0) is 30.0. The van der Waals surface area contributed by atoms with Crippen LogP contribution in [0.2, 0.25) is 0 Å². The van der Waals surface area contributed by atoms with E-state index in [1.54, 1.807) is 5.56 Å². The predicted octanol–water partition coefficient (Wildman–Crippen LogP) is 10.7. The monoisotopic (exact) mass is 698 g/mol. The van der Waals surface area contributed by atoms with Crippen LogP contribution < -0.4 is 26.5 Å². The van der Waals surface area contributed by atoms with Crippen LogP contribution in [0.5, 0.6) is 0 Å². The molecule has 3 atom stereocenters. The first kappa shape index (κ1) is 38.9. The Hall–Kier alpha value is -2.52. The van der Waals surface area contributed by atoms with E-state index >= 15 is 0 Å². The van der Waals surface area contributed by atoms with Crippen molar-refractivity contribution in [2.75, 3.05) is 0 Å². The summed E-state index contributed by atoms with van der Waals surface area (Å²) in [5, 5.41) is 7.41. The molecular weight excluding hydrogens is 646 g/mol. The molecule has 0 amide bonds. The van der Waals surface area contributed by atoms with Crippen LogP contribution in [0, 0.1) is 20.8 Å². The van der Waals surface area contributed by atoms with Gasteiger partial charge in [0.25, 0.3) is 0 Å². The fourth-order valence-corrected chi connectivity index (χ4v) is 12.9. The second-order valence-corrected chi connectivity index (χ2v) is 17.1. The van der Waals surface area contributed by atoms with Gasteiger partial charge in [-0.2, -0.15) is 0 Å². The van der Waals surface area contributed by atoms with Gasteiger partial charge in [-0.05, 0) is 78.3 Å². The SMILES string of the molecule is C1CCCC1.C[C@H](C1CCCC1c1ccccc1P(c1ccccc1)c1ccccc1)P(c1ccccc1)c1ccccc1.[CH3-].[CH3-].[Fe+2]. The molecule has 2 aliphatic carbocycles. The zero-order valence-electron chi connectivity index (χ0n) is 28.5. The minimum absolute atomic E-state index is 0. The fraction of sp³-hybridized carbons (Fsp3) is 0.273. The molecule has 2 aliphatic rings. The Kier molecular flexibility index (Phi) is 16.6. The molecule has 0 nitrogen and oxygen atoms in total. The Bertz CT molecular complexity index is 1450. The van der Waals surface area contributed by atoms with Crippen LogP contribution in [0.25, 0.3) is 0 Å². The molecule has 0 aliphatic heterocycles. The average Bonchev–Trinajstić information content (AvgIpc) is 3.84. The van der Waals surface area contributed by atoms with Gasteiger partial charge in [0.15, 0.2) is 0 Å². The van der Waals surface area contributed by atoms with E-state index in [2.05, 4.69) is 153 Å². The summed E-state index contributed by atoms with van der Waals surface area (Å²) in [4.78, 5) is 0. The maximum atomic E-state index is 2.55. The number of hydrogen-bond acceptors (Lipinski definition) is 0. The minimum atomic E-state index is -0.619. The van der Waals surface area contributed by atoms with Gasteiger partial charge in [0, 0.05) is 0 Å². The molecule has 0 spiro atoms. The van der Waals surface area contributed by atoms with Crippen molar-refractivity contribution in [3.05, 3.63) is 166 Å². The first-order chi connectivity index (χ1) is 21.8. The summed E-state index contributed by atoms with van der Waals surface area (Å²) >= 11 is 0. The quantitative estimate of drug-likeness (QED) is 0.0860. The van der Waals surface area contributed by atoms with Gasteiger partial charge >= 0.3 is 17.1 Å². The van der Waals surface area contributed by atoms with Crippen LogP contribution in [0.4, 0.5) is 0 Å². The van der Waals surface area contributed by atoms with Crippen molar-refractivity contribution in [3.63, 3.8) is 0 Å². The molecular formula is C44H52FeP2. The first-order valence-electron chi connectivity index (χ1n) is 16.7. The second kappa shape index (κ2) is 20.1. The predicted molar refractivity (Wildman–Crippen MR) is 210 cm³/mol. The van der Waals surface area contributed by atoms with E-state index in [1.165, 1.54) is 77.9 Å². The van der Waals surface area contributed by atoms with Crippen LogP contribution in [0.3, 0.4) is 0 Å². The smallest absolute Gasteiger partial charge is 0.358 e. The topological polar surface area (TPSA) is 0 Å². The van der Waals surface area contributed by atoms with Gasteiger partial charge in [-0.1, -0.05) is 191 Å². The average molecular weight is 699 g/mol.